The van der Waals surface area contributed by atoms with Crippen LogP contribution in [0.5, 0.6) is 5.88 Å². The summed E-state index contributed by atoms with van der Waals surface area (Å²) >= 11 is 0. The Kier molecular flexibility index (Phi) is 5.52. The Balaban J connectivity index is 1.95. The van der Waals surface area contributed by atoms with Crippen molar-refractivity contribution in [1.82, 2.24) is 9.47 Å². The molecule has 1 aromatic heterocycles. The number of benzene rings is 3. The number of rotatable bonds is 5. The van der Waals surface area contributed by atoms with Gasteiger partial charge in [-0.2, -0.15) is 0 Å². The number of hydrogen-bond acceptors (Lipinski definition) is 3. The van der Waals surface area contributed by atoms with Crippen molar-refractivity contribution in [3.05, 3.63) is 77.4 Å². The van der Waals surface area contributed by atoms with Crippen molar-refractivity contribution in [3.63, 3.8) is 0 Å². The fourth-order valence-electron chi connectivity index (χ4n) is 3.83. The molecule has 0 bridgehead atoms. The first-order valence-corrected chi connectivity index (χ1v) is 9.83. The van der Waals surface area contributed by atoms with E-state index in [9.17, 15) is 23.5 Å². The van der Waals surface area contributed by atoms with E-state index in [-0.39, 0.29) is 30.3 Å². The molecule has 0 spiro atoms. The molecule has 32 heavy (non-hydrogen) atoms. The second kappa shape index (κ2) is 8.30. The number of carbonyl (C=O) groups is 2. The van der Waals surface area contributed by atoms with E-state index in [1.807, 2.05) is 12.1 Å². The van der Waals surface area contributed by atoms with Crippen molar-refractivity contribution in [2.45, 2.75) is 13.0 Å². The SMILES string of the molecule is CN(C)C(=O)Cc1c(OC(=O)O)n(Cc2cccc3ccc(F)cc23)c2ccc(F)cc12. The van der Waals surface area contributed by atoms with Crippen LogP contribution < -0.4 is 4.74 Å². The smallest absolute Gasteiger partial charge is 0.449 e. The number of fused-ring (bicyclic) bond motifs is 2. The number of carbonyl (C=O) groups excluding carboxylic acids is 1. The summed E-state index contributed by atoms with van der Waals surface area (Å²) in [7, 11) is 3.15. The number of aromatic nitrogens is 1. The number of carboxylic acid groups (broad SMARTS) is 1. The summed E-state index contributed by atoms with van der Waals surface area (Å²) in [5, 5.41) is 11.2. The molecule has 4 aromatic rings. The summed E-state index contributed by atoms with van der Waals surface area (Å²) in [5.74, 6) is -1.29. The molecular weight excluding hydrogens is 418 g/mol. The van der Waals surface area contributed by atoms with Crippen molar-refractivity contribution < 1.29 is 28.2 Å². The van der Waals surface area contributed by atoms with Crippen molar-refractivity contribution in [2.75, 3.05) is 14.1 Å². The van der Waals surface area contributed by atoms with E-state index in [1.165, 1.54) is 35.2 Å². The average Bonchev–Trinajstić information content (AvgIpc) is 2.99. The minimum absolute atomic E-state index is 0.0679. The lowest BCUT2D eigenvalue weighted by Crippen LogP contribution is -2.24. The van der Waals surface area contributed by atoms with Gasteiger partial charge in [-0.25, -0.2) is 13.6 Å². The fraction of sp³-hybridized carbons (Fsp3) is 0.167. The van der Waals surface area contributed by atoms with Gasteiger partial charge in [-0.3, -0.25) is 4.79 Å². The molecular formula is C24H20F2N2O4. The van der Waals surface area contributed by atoms with Crippen LogP contribution in [-0.2, 0) is 17.8 Å². The van der Waals surface area contributed by atoms with Gasteiger partial charge in [-0.15, -0.1) is 0 Å². The van der Waals surface area contributed by atoms with Crippen LogP contribution in [0, 0.1) is 11.6 Å². The number of nitrogens with zero attached hydrogens (tertiary/aromatic N) is 2. The third-order valence-electron chi connectivity index (χ3n) is 5.35. The summed E-state index contributed by atoms with van der Waals surface area (Å²) in [4.78, 5) is 25.3. The molecule has 0 aliphatic heterocycles. The molecule has 0 aliphatic carbocycles. The van der Waals surface area contributed by atoms with Crippen LogP contribution in [0.15, 0.2) is 54.6 Å². The number of ether oxygens (including phenoxy) is 1. The zero-order valence-corrected chi connectivity index (χ0v) is 17.4. The van der Waals surface area contributed by atoms with Gasteiger partial charge in [0.1, 0.15) is 11.6 Å². The predicted molar refractivity (Wildman–Crippen MR) is 116 cm³/mol. The van der Waals surface area contributed by atoms with E-state index in [4.69, 9.17) is 4.74 Å². The van der Waals surface area contributed by atoms with E-state index >= 15 is 0 Å². The Hall–Kier alpha value is -3.94. The lowest BCUT2D eigenvalue weighted by atomic mass is 10.0. The zero-order chi connectivity index (χ0) is 23.0. The van der Waals surface area contributed by atoms with Crippen molar-refractivity contribution in [3.8, 4) is 5.88 Å². The van der Waals surface area contributed by atoms with Gasteiger partial charge in [0.05, 0.1) is 18.5 Å². The van der Waals surface area contributed by atoms with E-state index in [0.29, 0.717) is 21.9 Å². The molecule has 0 atom stereocenters. The molecule has 0 saturated carbocycles. The van der Waals surface area contributed by atoms with E-state index in [1.54, 1.807) is 30.8 Å². The van der Waals surface area contributed by atoms with E-state index in [0.717, 1.165) is 5.39 Å². The molecule has 8 heteroatoms. The predicted octanol–water partition coefficient (Wildman–Crippen LogP) is 4.81. The van der Waals surface area contributed by atoms with Gasteiger partial charge in [-0.05, 0) is 46.7 Å². The van der Waals surface area contributed by atoms with Crippen LogP contribution in [-0.4, -0.2) is 40.7 Å². The van der Waals surface area contributed by atoms with Crippen LogP contribution in [0.4, 0.5) is 13.6 Å². The number of halogens is 2. The molecule has 0 aliphatic rings. The lowest BCUT2D eigenvalue weighted by Gasteiger charge is -2.14. The first-order valence-electron chi connectivity index (χ1n) is 9.83. The van der Waals surface area contributed by atoms with Gasteiger partial charge in [0.25, 0.3) is 0 Å². The highest BCUT2D eigenvalue weighted by atomic mass is 19.1. The summed E-state index contributed by atoms with van der Waals surface area (Å²) in [6, 6.07) is 13.9. The highest BCUT2D eigenvalue weighted by Crippen LogP contribution is 2.35. The van der Waals surface area contributed by atoms with Gasteiger partial charge < -0.3 is 19.3 Å². The Morgan fingerprint density at radius 2 is 1.69 bits per heavy atom. The highest BCUT2D eigenvalue weighted by molar-refractivity contribution is 5.93. The molecule has 3 aromatic carbocycles. The van der Waals surface area contributed by atoms with Gasteiger partial charge >= 0.3 is 6.16 Å². The minimum atomic E-state index is -1.56. The summed E-state index contributed by atoms with van der Waals surface area (Å²) in [6.45, 7) is 0.127. The van der Waals surface area contributed by atoms with E-state index < -0.39 is 17.8 Å². The molecule has 1 heterocycles. The summed E-state index contributed by atoms with van der Waals surface area (Å²) in [5.41, 5.74) is 1.48. The number of hydrogen-bond donors (Lipinski definition) is 1. The third kappa shape index (κ3) is 3.99. The fourth-order valence-corrected chi connectivity index (χ4v) is 3.83. The normalized spacial score (nSPS) is 11.1. The van der Waals surface area contributed by atoms with Crippen molar-refractivity contribution >= 4 is 33.7 Å². The first-order chi connectivity index (χ1) is 15.2. The Bertz CT molecular complexity index is 1360. The summed E-state index contributed by atoms with van der Waals surface area (Å²) in [6.07, 6.45) is -1.73. The molecule has 6 nitrogen and oxygen atoms in total. The molecule has 4 rings (SSSR count). The van der Waals surface area contributed by atoms with Crippen LogP contribution in [0.2, 0.25) is 0 Å². The maximum Gasteiger partial charge on any atom is 0.512 e. The van der Waals surface area contributed by atoms with E-state index in [2.05, 4.69) is 0 Å². The monoisotopic (exact) mass is 438 g/mol. The largest absolute Gasteiger partial charge is 0.512 e. The Labute approximate surface area is 182 Å². The first kappa shape index (κ1) is 21.3. The molecule has 0 radical (unpaired) electrons. The van der Waals surface area contributed by atoms with Gasteiger partial charge in [-0.1, -0.05) is 24.3 Å². The standard InChI is InChI=1S/C24H20F2N2O4/c1-27(2)22(29)12-20-19-11-17(26)8-9-21(19)28(23(20)32-24(30)31)13-15-5-3-4-14-6-7-16(25)10-18(14)15/h3-11H,12-13H2,1-2H3,(H,30,31). The number of likely N-dealkylation sites (N-methyl/N-ethyl adjacent to an activating group) is 1. The molecule has 164 valence electrons. The molecule has 0 fully saturated rings. The van der Waals surface area contributed by atoms with Gasteiger partial charge in [0.15, 0.2) is 0 Å². The van der Waals surface area contributed by atoms with Crippen LogP contribution >= 0.6 is 0 Å². The molecule has 1 N–H and O–H groups in total. The van der Waals surface area contributed by atoms with Crippen molar-refractivity contribution in [1.29, 1.82) is 0 Å². The Morgan fingerprint density at radius 3 is 2.38 bits per heavy atom. The van der Waals surface area contributed by atoms with Crippen LogP contribution in [0.3, 0.4) is 0 Å². The molecule has 1 amide bonds. The quantitative estimate of drug-likeness (QED) is 0.454. The topological polar surface area (TPSA) is 71.8 Å². The second-order valence-electron chi connectivity index (χ2n) is 7.65. The molecule has 0 saturated heterocycles. The lowest BCUT2D eigenvalue weighted by molar-refractivity contribution is -0.127. The second-order valence-corrected chi connectivity index (χ2v) is 7.65. The molecule has 0 unspecified atom stereocenters. The minimum Gasteiger partial charge on any atom is -0.449 e. The van der Waals surface area contributed by atoms with Crippen molar-refractivity contribution in [2.24, 2.45) is 0 Å². The Morgan fingerprint density at radius 1 is 1.00 bits per heavy atom. The maximum atomic E-state index is 14.1. The highest BCUT2D eigenvalue weighted by Gasteiger charge is 2.24. The summed E-state index contributed by atoms with van der Waals surface area (Å²) < 4.78 is 34.7. The number of amides is 1. The van der Waals surface area contributed by atoms with Crippen LogP contribution in [0.1, 0.15) is 11.1 Å². The van der Waals surface area contributed by atoms with Gasteiger partial charge in [0, 0.05) is 25.0 Å². The average molecular weight is 438 g/mol. The maximum absolute atomic E-state index is 14.1. The van der Waals surface area contributed by atoms with Crippen LogP contribution in [0.25, 0.3) is 21.7 Å². The zero-order valence-electron chi connectivity index (χ0n) is 17.4. The van der Waals surface area contributed by atoms with Gasteiger partial charge in [0.2, 0.25) is 11.8 Å². The third-order valence-corrected chi connectivity index (χ3v) is 5.35.